The zero-order valence-corrected chi connectivity index (χ0v) is 11.5. The molecule has 116 valence electrons. The summed E-state index contributed by atoms with van der Waals surface area (Å²) >= 11 is 0. The fourth-order valence-corrected chi connectivity index (χ4v) is 3.98. The molecule has 1 aromatic rings. The molecule has 2 rings (SSSR count). The molecule has 1 unspecified atom stereocenters. The van der Waals surface area contributed by atoms with E-state index in [0.29, 0.717) is 29.3 Å². The van der Waals surface area contributed by atoms with Gasteiger partial charge in [0.2, 0.25) is 10.0 Å². The van der Waals surface area contributed by atoms with Crippen LogP contribution in [0.25, 0.3) is 0 Å². The Hall–Kier alpha value is -1.61. The van der Waals surface area contributed by atoms with Crippen molar-refractivity contribution in [3.8, 4) is 0 Å². The van der Waals surface area contributed by atoms with Crippen LogP contribution in [0.15, 0.2) is 17.0 Å². The Bertz CT molecular complexity index is 677. The fourth-order valence-electron chi connectivity index (χ4n) is 2.27. The van der Waals surface area contributed by atoms with Crippen LogP contribution in [-0.4, -0.2) is 36.4 Å². The van der Waals surface area contributed by atoms with Crippen LogP contribution in [-0.2, 0) is 14.8 Å². The van der Waals surface area contributed by atoms with Crippen molar-refractivity contribution >= 4 is 16.0 Å². The Labute approximate surface area is 119 Å². The van der Waals surface area contributed by atoms with Crippen LogP contribution in [0.4, 0.5) is 13.2 Å². The number of carboxylic acids is 1. The molecule has 1 aliphatic heterocycles. The van der Waals surface area contributed by atoms with Crippen LogP contribution in [0.5, 0.6) is 0 Å². The molecule has 0 amide bonds. The maximum Gasteiger partial charge on any atom is 0.322 e. The van der Waals surface area contributed by atoms with Gasteiger partial charge in [-0.1, -0.05) is 0 Å². The average molecular weight is 323 g/mol. The van der Waals surface area contributed by atoms with Gasteiger partial charge in [0, 0.05) is 6.54 Å². The monoisotopic (exact) mass is 323 g/mol. The highest BCUT2D eigenvalue weighted by Crippen LogP contribution is 2.28. The number of hydrogen-bond donors (Lipinski definition) is 1. The SMILES string of the molecule is O=C(O)C1CCCCN1S(=O)(=O)c1ccc(F)c(F)c1F. The van der Waals surface area contributed by atoms with Gasteiger partial charge in [-0.3, -0.25) is 4.79 Å². The van der Waals surface area contributed by atoms with Crippen LogP contribution in [0.1, 0.15) is 19.3 Å². The molecule has 1 N–H and O–H groups in total. The number of rotatable bonds is 3. The molecule has 0 spiro atoms. The summed E-state index contributed by atoms with van der Waals surface area (Å²) in [5, 5.41) is 9.05. The van der Waals surface area contributed by atoms with Gasteiger partial charge in [-0.2, -0.15) is 4.31 Å². The van der Waals surface area contributed by atoms with Crippen molar-refractivity contribution in [3.05, 3.63) is 29.6 Å². The van der Waals surface area contributed by atoms with Crippen LogP contribution >= 0.6 is 0 Å². The molecule has 1 aliphatic rings. The van der Waals surface area contributed by atoms with E-state index >= 15 is 0 Å². The number of sulfonamides is 1. The van der Waals surface area contributed by atoms with Gasteiger partial charge in [0.05, 0.1) is 0 Å². The maximum absolute atomic E-state index is 13.7. The topological polar surface area (TPSA) is 74.7 Å². The number of carboxylic acid groups (broad SMARTS) is 1. The first-order chi connectivity index (χ1) is 9.76. The summed E-state index contributed by atoms with van der Waals surface area (Å²) in [4.78, 5) is 10.1. The summed E-state index contributed by atoms with van der Waals surface area (Å²) in [6.07, 6.45) is 1.01. The third-order valence-corrected chi connectivity index (χ3v) is 5.25. The van der Waals surface area contributed by atoms with Gasteiger partial charge in [-0.25, -0.2) is 21.6 Å². The number of carbonyl (C=O) groups is 1. The van der Waals surface area contributed by atoms with E-state index in [9.17, 15) is 26.4 Å². The van der Waals surface area contributed by atoms with E-state index in [1.807, 2.05) is 0 Å². The van der Waals surface area contributed by atoms with Gasteiger partial charge in [0.1, 0.15) is 10.9 Å². The van der Waals surface area contributed by atoms with E-state index in [0.717, 1.165) is 0 Å². The lowest BCUT2D eigenvalue weighted by atomic mass is 10.1. The van der Waals surface area contributed by atoms with E-state index in [1.54, 1.807) is 0 Å². The molecule has 1 saturated heterocycles. The normalized spacial score (nSPS) is 20.4. The Morgan fingerprint density at radius 3 is 2.48 bits per heavy atom. The predicted octanol–water partition coefficient (Wildman–Crippen LogP) is 1.73. The van der Waals surface area contributed by atoms with E-state index in [1.165, 1.54) is 0 Å². The number of piperidine rings is 1. The van der Waals surface area contributed by atoms with Crippen molar-refractivity contribution in [2.24, 2.45) is 0 Å². The second-order valence-electron chi connectivity index (χ2n) is 4.64. The van der Waals surface area contributed by atoms with Gasteiger partial charge >= 0.3 is 5.97 Å². The summed E-state index contributed by atoms with van der Waals surface area (Å²) < 4.78 is 65.0. The molecule has 0 radical (unpaired) electrons. The van der Waals surface area contributed by atoms with Crippen LogP contribution in [0.3, 0.4) is 0 Å². The van der Waals surface area contributed by atoms with Gasteiger partial charge in [0.15, 0.2) is 17.5 Å². The van der Waals surface area contributed by atoms with E-state index < -0.39 is 44.4 Å². The molecule has 1 aromatic carbocycles. The zero-order chi connectivity index (χ0) is 15.8. The third-order valence-electron chi connectivity index (χ3n) is 3.33. The molecular weight excluding hydrogens is 311 g/mol. The minimum Gasteiger partial charge on any atom is -0.480 e. The summed E-state index contributed by atoms with van der Waals surface area (Å²) in [5.41, 5.74) is 0. The second-order valence-corrected chi connectivity index (χ2v) is 6.50. The molecule has 0 bridgehead atoms. The van der Waals surface area contributed by atoms with Gasteiger partial charge in [0.25, 0.3) is 0 Å². The van der Waals surface area contributed by atoms with Crippen molar-refractivity contribution < 1.29 is 31.5 Å². The lowest BCUT2D eigenvalue weighted by Gasteiger charge is -2.31. The van der Waals surface area contributed by atoms with Crippen LogP contribution in [0.2, 0.25) is 0 Å². The molecule has 21 heavy (non-hydrogen) atoms. The molecule has 0 saturated carbocycles. The molecule has 0 aromatic heterocycles. The van der Waals surface area contributed by atoms with Crippen molar-refractivity contribution in [2.45, 2.75) is 30.2 Å². The first-order valence-corrected chi connectivity index (χ1v) is 7.59. The Morgan fingerprint density at radius 2 is 1.86 bits per heavy atom. The maximum atomic E-state index is 13.7. The quantitative estimate of drug-likeness (QED) is 0.860. The highest BCUT2D eigenvalue weighted by Gasteiger charge is 2.39. The Balaban J connectivity index is 2.51. The minimum absolute atomic E-state index is 0.0832. The number of halogens is 3. The summed E-state index contributed by atoms with van der Waals surface area (Å²) in [7, 11) is -4.56. The molecule has 5 nitrogen and oxygen atoms in total. The smallest absolute Gasteiger partial charge is 0.322 e. The summed E-state index contributed by atoms with van der Waals surface area (Å²) in [6, 6.07) is -0.252. The molecule has 1 heterocycles. The molecule has 1 atom stereocenters. The Morgan fingerprint density at radius 1 is 1.19 bits per heavy atom. The molecular formula is C12H12F3NO4S. The lowest BCUT2D eigenvalue weighted by molar-refractivity contribution is -0.142. The van der Waals surface area contributed by atoms with Gasteiger partial charge < -0.3 is 5.11 Å². The van der Waals surface area contributed by atoms with E-state index in [2.05, 4.69) is 0 Å². The number of aliphatic carboxylic acids is 1. The summed E-state index contributed by atoms with van der Waals surface area (Å²) in [6.45, 7) is -0.113. The number of nitrogens with zero attached hydrogens (tertiary/aromatic N) is 1. The van der Waals surface area contributed by atoms with Crippen molar-refractivity contribution in [1.29, 1.82) is 0 Å². The zero-order valence-electron chi connectivity index (χ0n) is 10.7. The van der Waals surface area contributed by atoms with E-state index in [4.69, 9.17) is 5.11 Å². The van der Waals surface area contributed by atoms with Crippen molar-refractivity contribution in [3.63, 3.8) is 0 Å². The standard InChI is InChI=1S/C12H12F3NO4S/c13-7-4-5-9(11(15)10(7)14)21(19,20)16-6-2-1-3-8(16)12(17)18/h4-5,8H,1-3,6H2,(H,17,18). The third kappa shape index (κ3) is 2.75. The number of benzene rings is 1. The first-order valence-electron chi connectivity index (χ1n) is 6.15. The lowest BCUT2D eigenvalue weighted by Crippen LogP contribution is -2.48. The predicted molar refractivity (Wildman–Crippen MR) is 65.5 cm³/mol. The van der Waals surface area contributed by atoms with Gasteiger partial charge in [-0.15, -0.1) is 0 Å². The largest absolute Gasteiger partial charge is 0.480 e. The number of hydrogen-bond acceptors (Lipinski definition) is 3. The van der Waals surface area contributed by atoms with Crippen molar-refractivity contribution in [2.75, 3.05) is 6.54 Å². The first kappa shape index (κ1) is 15.8. The second kappa shape index (κ2) is 5.64. The Kier molecular flexibility index (Phi) is 4.24. The summed E-state index contributed by atoms with van der Waals surface area (Å²) in [5.74, 6) is -6.62. The highest BCUT2D eigenvalue weighted by molar-refractivity contribution is 7.89. The molecule has 1 fully saturated rings. The van der Waals surface area contributed by atoms with Crippen molar-refractivity contribution in [1.82, 2.24) is 4.31 Å². The molecule has 0 aliphatic carbocycles. The average Bonchev–Trinajstić information content (AvgIpc) is 2.44. The highest BCUT2D eigenvalue weighted by atomic mass is 32.2. The molecule has 9 heteroatoms. The minimum atomic E-state index is -4.56. The van der Waals surface area contributed by atoms with E-state index in [-0.39, 0.29) is 13.0 Å². The fraction of sp³-hybridized carbons (Fsp3) is 0.417. The van der Waals surface area contributed by atoms with Gasteiger partial charge in [-0.05, 0) is 31.4 Å². The van der Waals surface area contributed by atoms with Crippen LogP contribution in [0, 0.1) is 17.5 Å². The van der Waals surface area contributed by atoms with Crippen LogP contribution < -0.4 is 0 Å².